The van der Waals surface area contributed by atoms with E-state index in [1.807, 2.05) is 0 Å². The topological polar surface area (TPSA) is 81.4 Å². The molecule has 0 spiro atoms. The molecule has 1 amide bonds. The van der Waals surface area contributed by atoms with Crippen LogP contribution in [0.4, 0.5) is 11.4 Å². The Bertz CT molecular complexity index is 733. The molecule has 2 aromatic carbocycles. The molecule has 0 saturated carbocycles. The third-order valence-electron chi connectivity index (χ3n) is 2.99. The highest BCUT2D eigenvalue weighted by Crippen LogP contribution is 2.25. The van der Waals surface area contributed by atoms with Crippen molar-refractivity contribution in [1.82, 2.24) is 0 Å². The van der Waals surface area contributed by atoms with Crippen LogP contribution in [0.25, 0.3) is 0 Å². The van der Waals surface area contributed by atoms with Crippen molar-refractivity contribution in [3.63, 3.8) is 0 Å². The Morgan fingerprint density at radius 3 is 2.39 bits per heavy atom. The van der Waals surface area contributed by atoms with E-state index in [0.29, 0.717) is 27.0 Å². The van der Waals surface area contributed by atoms with Crippen LogP contribution in [0.2, 0.25) is 10.0 Å². The van der Waals surface area contributed by atoms with Crippen LogP contribution in [0.3, 0.4) is 0 Å². The number of anilines is 2. The van der Waals surface area contributed by atoms with Crippen molar-refractivity contribution >= 4 is 46.5 Å². The molecule has 0 saturated heterocycles. The Balaban J connectivity index is 1.99. The smallest absolute Gasteiger partial charge is 0.338 e. The minimum Gasteiger partial charge on any atom is -0.449 e. The maximum Gasteiger partial charge on any atom is 0.338 e. The molecule has 0 aliphatic heterocycles. The third-order valence-corrected chi connectivity index (χ3v) is 3.54. The predicted octanol–water partition coefficient (Wildman–Crippen LogP) is 3.76. The van der Waals surface area contributed by atoms with Gasteiger partial charge in [-0.05, 0) is 49.4 Å². The molecule has 120 valence electrons. The van der Waals surface area contributed by atoms with Gasteiger partial charge in [-0.1, -0.05) is 23.2 Å². The molecule has 2 aromatic rings. The molecule has 5 nitrogen and oxygen atoms in total. The number of carbonyl (C=O) groups is 2. The number of hydrogen-bond donors (Lipinski definition) is 2. The summed E-state index contributed by atoms with van der Waals surface area (Å²) in [6.45, 7) is 1.47. The van der Waals surface area contributed by atoms with Crippen molar-refractivity contribution in [3.05, 3.63) is 58.1 Å². The van der Waals surface area contributed by atoms with Gasteiger partial charge in [-0.2, -0.15) is 0 Å². The van der Waals surface area contributed by atoms with Crippen LogP contribution >= 0.6 is 23.2 Å². The molecular formula is C16H14Cl2N2O3. The maximum atomic E-state index is 12.1. The van der Waals surface area contributed by atoms with E-state index in [0.717, 1.165) is 0 Å². The molecule has 0 aliphatic carbocycles. The fourth-order valence-corrected chi connectivity index (χ4v) is 2.18. The van der Waals surface area contributed by atoms with E-state index in [1.165, 1.54) is 25.1 Å². The second kappa shape index (κ2) is 7.35. The highest BCUT2D eigenvalue weighted by molar-refractivity contribution is 6.36. The molecule has 0 unspecified atom stereocenters. The van der Waals surface area contributed by atoms with Crippen LogP contribution in [0.5, 0.6) is 0 Å². The van der Waals surface area contributed by atoms with Crippen LogP contribution in [0.1, 0.15) is 17.3 Å². The van der Waals surface area contributed by atoms with Crippen molar-refractivity contribution in [2.75, 3.05) is 11.1 Å². The highest BCUT2D eigenvalue weighted by atomic mass is 35.5. The van der Waals surface area contributed by atoms with Gasteiger partial charge < -0.3 is 15.8 Å². The summed E-state index contributed by atoms with van der Waals surface area (Å²) in [6, 6.07) is 10.9. The minimum atomic E-state index is -0.994. The standard InChI is InChI=1S/C16H14Cl2N2O3/c1-9(23-16(22)10-2-5-12(19)6-3-10)15(21)20-14-7-4-11(17)8-13(14)18/h2-9H,19H2,1H3,(H,20,21)/t9-/m0/s1. The number of nitrogens with one attached hydrogen (secondary N) is 1. The SMILES string of the molecule is C[C@H](OC(=O)c1ccc(N)cc1)C(=O)Nc1ccc(Cl)cc1Cl. The Kier molecular flexibility index (Phi) is 5.47. The molecule has 0 aromatic heterocycles. The van der Waals surface area contributed by atoms with Gasteiger partial charge in [-0.25, -0.2) is 4.79 Å². The van der Waals surface area contributed by atoms with Crippen molar-refractivity contribution in [1.29, 1.82) is 0 Å². The number of esters is 1. The zero-order valence-electron chi connectivity index (χ0n) is 12.2. The molecule has 0 fully saturated rings. The Morgan fingerprint density at radius 1 is 1.13 bits per heavy atom. The first kappa shape index (κ1) is 17.1. The van der Waals surface area contributed by atoms with Crippen LogP contribution in [-0.2, 0) is 9.53 Å². The molecule has 2 rings (SSSR count). The van der Waals surface area contributed by atoms with Crippen molar-refractivity contribution in [2.45, 2.75) is 13.0 Å². The lowest BCUT2D eigenvalue weighted by Gasteiger charge is -2.14. The number of benzene rings is 2. The summed E-state index contributed by atoms with van der Waals surface area (Å²) in [4.78, 5) is 24.0. The Labute approximate surface area is 143 Å². The second-order valence-electron chi connectivity index (χ2n) is 4.78. The molecule has 23 heavy (non-hydrogen) atoms. The number of amides is 1. The first-order valence-corrected chi connectivity index (χ1v) is 7.45. The van der Waals surface area contributed by atoms with Crippen LogP contribution in [0, 0.1) is 0 Å². The molecule has 0 heterocycles. The molecule has 1 atom stereocenters. The molecule has 7 heteroatoms. The van der Waals surface area contributed by atoms with E-state index < -0.39 is 18.0 Å². The average molecular weight is 353 g/mol. The molecule has 3 N–H and O–H groups in total. The number of carbonyl (C=O) groups excluding carboxylic acids is 2. The Hall–Kier alpha value is -2.24. The van der Waals surface area contributed by atoms with Gasteiger partial charge in [0.2, 0.25) is 0 Å². The van der Waals surface area contributed by atoms with E-state index >= 15 is 0 Å². The first-order valence-electron chi connectivity index (χ1n) is 6.69. The number of ether oxygens (including phenoxy) is 1. The van der Waals surface area contributed by atoms with Gasteiger partial charge in [0.15, 0.2) is 6.10 Å². The zero-order chi connectivity index (χ0) is 17.0. The lowest BCUT2D eigenvalue weighted by atomic mass is 10.2. The third kappa shape index (κ3) is 4.61. The summed E-state index contributed by atoms with van der Waals surface area (Å²) in [6.07, 6.45) is -0.994. The number of nitrogen functional groups attached to an aromatic ring is 1. The van der Waals surface area contributed by atoms with Gasteiger partial charge in [-0.15, -0.1) is 0 Å². The lowest BCUT2D eigenvalue weighted by Crippen LogP contribution is -2.30. The number of rotatable bonds is 4. The van der Waals surface area contributed by atoms with Crippen LogP contribution in [0.15, 0.2) is 42.5 Å². The largest absolute Gasteiger partial charge is 0.449 e. The van der Waals surface area contributed by atoms with E-state index in [4.69, 9.17) is 33.7 Å². The summed E-state index contributed by atoms with van der Waals surface area (Å²) in [7, 11) is 0. The summed E-state index contributed by atoms with van der Waals surface area (Å²) < 4.78 is 5.11. The first-order chi connectivity index (χ1) is 10.9. The van der Waals surface area contributed by atoms with Gasteiger partial charge in [0.1, 0.15) is 0 Å². The quantitative estimate of drug-likeness (QED) is 0.648. The minimum absolute atomic E-state index is 0.294. The summed E-state index contributed by atoms with van der Waals surface area (Å²) in [5, 5.41) is 3.33. The van der Waals surface area contributed by atoms with Crippen molar-refractivity contribution < 1.29 is 14.3 Å². The molecular weight excluding hydrogens is 339 g/mol. The van der Waals surface area contributed by atoms with Gasteiger partial charge in [0.25, 0.3) is 5.91 Å². The molecule has 0 bridgehead atoms. The summed E-state index contributed by atoms with van der Waals surface area (Å²) >= 11 is 11.8. The van der Waals surface area contributed by atoms with Crippen molar-refractivity contribution in [3.8, 4) is 0 Å². The van der Waals surface area contributed by atoms with E-state index in [9.17, 15) is 9.59 Å². The van der Waals surface area contributed by atoms with Gasteiger partial charge in [0, 0.05) is 10.7 Å². The molecule has 0 radical (unpaired) electrons. The number of halogens is 2. The average Bonchev–Trinajstić information content (AvgIpc) is 2.50. The van der Waals surface area contributed by atoms with Gasteiger partial charge in [-0.3, -0.25) is 4.79 Å². The van der Waals surface area contributed by atoms with Gasteiger partial charge in [0.05, 0.1) is 16.3 Å². The van der Waals surface area contributed by atoms with E-state index in [-0.39, 0.29) is 0 Å². The normalized spacial score (nSPS) is 11.6. The predicted molar refractivity (Wildman–Crippen MR) is 90.8 cm³/mol. The fraction of sp³-hybridized carbons (Fsp3) is 0.125. The monoisotopic (exact) mass is 352 g/mol. The lowest BCUT2D eigenvalue weighted by molar-refractivity contribution is -0.123. The number of hydrogen-bond acceptors (Lipinski definition) is 4. The molecule has 0 aliphatic rings. The Morgan fingerprint density at radius 2 is 1.78 bits per heavy atom. The van der Waals surface area contributed by atoms with Gasteiger partial charge >= 0.3 is 5.97 Å². The highest BCUT2D eigenvalue weighted by Gasteiger charge is 2.19. The zero-order valence-corrected chi connectivity index (χ0v) is 13.7. The van der Waals surface area contributed by atoms with E-state index in [1.54, 1.807) is 24.3 Å². The van der Waals surface area contributed by atoms with E-state index in [2.05, 4.69) is 5.32 Å². The van der Waals surface area contributed by atoms with Crippen molar-refractivity contribution in [2.24, 2.45) is 0 Å². The van der Waals surface area contributed by atoms with Crippen LogP contribution in [-0.4, -0.2) is 18.0 Å². The number of nitrogens with two attached hydrogens (primary N) is 1. The fourth-order valence-electron chi connectivity index (χ4n) is 1.73. The van der Waals surface area contributed by atoms with Crippen LogP contribution < -0.4 is 11.1 Å². The second-order valence-corrected chi connectivity index (χ2v) is 5.63. The maximum absolute atomic E-state index is 12.1. The summed E-state index contributed by atoms with van der Waals surface area (Å²) in [5.74, 6) is -1.12. The summed E-state index contributed by atoms with van der Waals surface area (Å²) in [5.41, 5.74) is 6.78.